The van der Waals surface area contributed by atoms with E-state index in [1.165, 1.54) is 0 Å². The molecule has 0 heterocycles. The average Bonchev–Trinajstić information content (AvgIpc) is 2.38. The molecule has 7 nitrogen and oxygen atoms in total. The Kier molecular flexibility index (Phi) is 9.36. The molecule has 0 radical (unpaired) electrons. The molecule has 0 aromatic heterocycles. The molecule has 3 atom stereocenters. The molecule has 0 aromatic carbocycles. The van der Waals surface area contributed by atoms with Crippen molar-refractivity contribution in [3.8, 4) is 0 Å². The predicted octanol–water partition coefficient (Wildman–Crippen LogP) is 0.00440. The van der Waals surface area contributed by atoms with Crippen molar-refractivity contribution in [1.29, 1.82) is 0 Å². The van der Waals surface area contributed by atoms with Gasteiger partial charge in [-0.25, -0.2) is 9.59 Å². The van der Waals surface area contributed by atoms with Crippen molar-refractivity contribution in [2.45, 2.75) is 45.8 Å². The number of aliphatic hydroxyl groups is 1. The van der Waals surface area contributed by atoms with Gasteiger partial charge in [-0.1, -0.05) is 6.92 Å². The molecule has 20 heavy (non-hydrogen) atoms. The molecule has 0 saturated carbocycles. The minimum Gasteiger partial charge on any atom is -0.464 e. The summed E-state index contributed by atoms with van der Waals surface area (Å²) in [4.78, 5) is 33.4. The Bertz CT molecular complexity index is 320. The molecular weight excluding hydrogens is 266 g/mol. The fraction of sp³-hybridized carbons (Fsp3) is 0.769. The van der Waals surface area contributed by atoms with E-state index in [0.29, 0.717) is 6.41 Å². The molecule has 7 heteroatoms. The van der Waals surface area contributed by atoms with Crippen molar-refractivity contribution in [1.82, 2.24) is 5.32 Å². The first kappa shape index (κ1) is 18.4. The van der Waals surface area contributed by atoms with E-state index in [4.69, 9.17) is 9.47 Å². The molecule has 1 amide bonds. The van der Waals surface area contributed by atoms with Gasteiger partial charge < -0.3 is 19.9 Å². The van der Waals surface area contributed by atoms with E-state index < -0.39 is 24.1 Å². The second-order valence-electron chi connectivity index (χ2n) is 4.43. The third kappa shape index (κ3) is 7.08. The summed E-state index contributed by atoms with van der Waals surface area (Å²) in [5, 5.41) is 12.0. The number of ether oxygens (including phenoxy) is 2. The zero-order chi connectivity index (χ0) is 15.5. The van der Waals surface area contributed by atoms with Gasteiger partial charge in [-0.2, -0.15) is 0 Å². The number of hydrogen-bond donors (Lipinski definition) is 2. The molecule has 2 N–H and O–H groups in total. The van der Waals surface area contributed by atoms with Crippen LogP contribution in [0.3, 0.4) is 0 Å². The zero-order valence-corrected chi connectivity index (χ0v) is 12.1. The van der Waals surface area contributed by atoms with Crippen LogP contribution in [0.2, 0.25) is 0 Å². The second-order valence-corrected chi connectivity index (χ2v) is 4.43. The van der Waals surface area contributed by atoms with Crippen LogP contribution in [-0.2, 0) is 23.9 Å². The molecule has 0 saturated heterocycles. The van der Waals surface area contributed by atoms with Gasteiger partial charge in [0, 0.05) is 0 Å². The van der Waals surface area contributed by atoms with Gasteiger partial charge in [0.25, 0.3) is 0 Å². The van der Waals surface area contributed by atoms with Crippen molar-refractivity contribution in [2.24, 2.45) is 5.92 Å². The molecule has 0 bridgehead atoms. The van der Waals surface area contributed by atoms with Crippen LogP contribution in [-0.4, -0.2) is 48.8 Å². The van der Waals surface area contributed by atoms with Crippen LogP contribution in [0.4, 0.5) is 0 Å². The minimum absolute atomic E-state index is 0.148. The number of rotatable bonds is 10. The van der Waals surface area contributed by atoms with Gasteiger partial charge in [0.2, 0.25) is 6.41 Å². The SMILES string of the molecule is CCOC(=O)C(O)CC(C)CC(NC=O)C(=O)OCC. The lowest BCUT2D eigenvalue weighted by Gasteiger charge is -2.20. The highest BCUT2D eigenvalue weighted by atomic mass is 16.5. The molecule has 0 spiro atoms. The topological polar surface area (TPSA) is 102 Å². The summed E-state index contributed by atoms with van der Waals surface area (Å²) in [7, 11) is 0. The van der Waals surface area contributed by atoms with Crippen molar-refractivity contribution in [3.63, 3.8) is 0 Å². The minimum atomic E-state index is -1.23. The molecule has 0 rings (SSSR count). The van der Waals surface area contributed by atoms with Gasteiger partial charge in [-0.05, 0) is 32.6 Å². The summed E-state index contributed by atoms with van der Waals surface area (Å²) in [5.74, 6) is -1.39. The first-order valence-corrected chi connectivity index (χ1v) is 6.67. The highest BCUT2D eigenvalue weighted by Gasteiger charge is 2.25. The fourth-order valence-electron chi connectivity index (χ4n) is 1.77. The lowest BCUT2D eigenvalue weighted by Crippen LogP contribution is -2.39. The number of nitrogens with one attached hydrogen (secondary N) is 1. The van der Waals surface area contributed by atoms with Gasteiger partial charge in [0.1, 0.15) is 6.04 Å². The molecule has 3 unspecified atom stereocenters. The van der Waals surface area contributed by atoms with Gasteiger partial charge in [0.05, 0.1) is 13.2 Å². The number of amides is 1. The summed E-state index contributed by atoms with van der Waals surface area (Å²) in [6.07, 6.45) is -0.386. The van der Waals surface area contributed by atoms with Crippen LogP contribution in [0.15, 0.2) is 0 Å². The Morgan fingerprint density at radius 2 is 1.70 bits per heavy atom. The third-order valence-electron chi connectivity index (χ3n) is 2.66. The molecule has 0 aliphatic carbocycles. The van der Waals surface area contributed by atoms with E-state index in [-0.39, 0.29) is 32.0 Å². The van der Waals surface area contributed by atoms with Crippen LogP contribution in [0, 0.1) is 5.92 Å². The molecule has 0 fully saturated rings. The van der Waals surface area contributed by atoms with E-state index in [1.807, 2.05) is 0 Å². The maximum Gasteiger partial charge on any atom is 0.334 e. The van der Waals surface area contributed by atoms with E-state index in [2.05, 4.69) is 5.32 Å². The molecule has 0 aliphatic rings. The van der Waals surface area contributed by atoms with Crippen molar-refractivity contribution < 1.29 is 29.0 Å². The lowest BCUT2D eigenvalue weighted by atomic mass is 9.95. The number of carbonyl (C=O) groups excluding carboxylic acids is 3. The maximum absolute atomic E-state index is 11.6. The molecule has 116 valence electrons. The van der Waals surface area contributed by atoms with Crippen molar-refractivity contribution in [2.75, 3.05) is 13.2 Å². The number of aliphatic hydroxyl groups excluding tert-OH is 1. The second kappa shape index (κ2) is 10.2. The summed E-state index contributed by atoms with van der Waals surface area (Å²) in [6, 6.07) is -0.781. The number of hydrogen-bond acceptors (Lipinski definition) is 6. The average molecular weight is 289 g/mol. The van der Waals surface area contributed by atoms with E-state index in [0.717, 1.165) is 0 Å². The first-order chi connectivity index (χ1) is 9.46. The standard InChI is InChI=1S/C13H23NO6/c1-4-19-12(17)10(14-8-15)6-9(3)7-11(16)13(18)20-5-2/h8-11,16H,4-7H2,1-3H3,(H,14,15). The number of carbonyl (C=O) groups is 3. The first-order valence-electron chi connectivity index (χ1n) is 6.67. The van der Waals surface area contributed by atoms with Crippen LogP contribution in [0.1, 0.15) is 33.6 Å². The van der Waals surface area contributed by atoms with Gasteiger partial charge in [-0.15, -0.1) is 0 Å². The summed E-state index contributed by atoms with van der Waals surface area (Å²) in [5.41, 5.74) is 0. The van der Waals surface area contributed by atoms with Gasteiger partial charge >= 0.3 is 11.9 Å². The molecular formula is C13H23NO6. The van der Waals surface area contributed by atoms with Gasteiger partial charge in [0.15, 0.2) is 6.10 Å². The van der Waals surface area contributed by atoms with Crippen molar-refractivity contribution in [3.05, 3.63) is 0 Å². The van der Waals surface area contributed by atoms with Gasteiger partial charge in [-0.3, -0.25) is 4.79 Å². The van der Waals surface area contributed by atoms with Crippen molar-refractivity contribution >= 4 is 18.3 Å². The Labute approximate surface area is 118 Å². The summed E-state index contributed by atoms with van der Waals surface area (Å²) < 4.78 is 9.52. The monoisotopic (exact) mass is 289 g/mol. The highest BCUT2D eigenvalue weighted by molar-refractivity contribution is 5.78. The molecule has 0 aliphatic heterocycles. The number of esters is 2. The zero-order valence-electron chi connectivity index (χ0n) is 12.1. The third-order valence-corrected chi connectivity index (χ3v) is 2.66. The smallest absolute Gasteiger partial charge is 0.334 e. The highest BCUT2D eigenvalue weighted by Crippen LogP contribution is 2.15. The molecule has 0 aromatic rings. The Morgan fingerprint density at radius 1 is 1.15 bits per heavy atom. The normalized spacial score (nSPS) is 14.8. The van der Waals surface area contributed by atoms with Crippen LogP contribution >= 0.6 is 0 Å². The van der Waals surface area contributed by atoms with Crippen LogP contribution in [0.5, 0.6) is 0 Å². The summed E-state index contributed by atoms with van der Waals surface area (Å²) in [6.45, 7) is 5.50. The van der Waals surface area contributed by atoms with Crippen LogP contribution in [0.25, 0.3) is 0 Å². The maximum atomic E-state index is 11.6. The Balaban J connectivity index is 4.37. The lowest BCUT2D eigenvalue weighted by molar-refractivity contribution is -0.154. The largest absolute Gasteiger partial charge is 0.464 e. The van der Waals surface area contributed by atoms with E-state index in [1.54, 1.807) is 20.8 Å². The fourth-order valence-corrected chi connectivity index (χ4v) is 1.77. The van der Waals surface area contributed by atoms with E-state index >= 15 is 0 Å². The van der Waals surface area contributed by atoms with Crippen LogP contribution < -0.4 is 5.32 Å². The Hall–Kier alpha value is -1.63. The predicted molar refractivity (Wildman–Crippen MR) is 70.7 cm³/mol. The Morgan fingerprint density at radius 3 is 2.20 bits per heavy atom. The summed E-state index contributed by atoms with van der Waals surface area (Å²) >= 11 is 0. The van der Waals surface area contributed by atoms with E-state index in [9.17, 15) is 19.5 Å². The quantitative estimate of drug-likeness (QED) is 0.434.